The molecule has 1 rings (SSSR count). The van der Waals surface area contributed by atoms with Crippen molar-refractivity contribution in [2.24, 2.45) is 5.10 Å². The SMILES string of the molecule is C/C=C1\CC=NN(C)B1O. The van der Waals surface area contributed by atoms with Gasteiger partial charge in [-0.15, -0.1) is 0 Å². The van der Waals surface area contributed by atoms with Gasteiger partial charge in [-0.3, -0.25) is 0 Å². The van der Waals surface area contributed by atoms with Crippen molar-refractivity contribution in [1.82, 2.24) is 4.92 Å². The molecule has 1 heterocycles. The van der Waals surface area contributed by atoms with Crippen molar-refractivity contribution in [3.63, 3.8) is 0 Å². The summed E-state index contributed by atoms with van der Waals surface area (Å²) < 4.78 is 0. The highest BCUT2D eigenvalue weighted by molar-refractivity contribution is 6.56. The first-order valence-corrected chi connectivity index (χ1v) is 3.34. The van der Waals surface area contributed by atoms with Gasteiger partial charge in [-0.25, -0.2) is 5.10 Å². The van der Waals surface area contributed by atoms with Crippen molar-refractivity contribution in [2.45, 2.75) is 13.3 Å². The molecule has 0 aromatic rings. The van der Waals surface area contributed by atoms with E-state index in [0.29, 0.717) is 0 Å². The van der Waals surface area contributed by atoms with E-state index in [1.807, 2.05) is 13.0 Å². The van der Waals surface area contributed by atoms with Crippen LogP contribution >= 0.6 is 0 Å². The lowest BCUT2D eigenvalue weighted by atomic mass is 9.70. The fraction of sp³-hybridized carbons (Fsp3) is 0.500. The van der Waals surface area contributed by atoms with Gasteiger partial charge < -0.3 is 9.94 Å². The third kappa shape index (κ3) is 1.21. The minimum atomic E-state index is -0.519. The van der Waals surface area contributed by atoms with E-state index in [-0.39, 0.29) is 0 Å². The second-order valence-corrected chi connectivity index (χ2v) is 2.31. The minimum absolute atomic E-state index is 0.519. The fourth-order valence-electron chi connectivity index (χ4n) is 0.950. The first-order valence-electron chi connectivity index (χ1n) is 3.34. The molecule has 0 unspecified atom stereocenters. The highest BCUT2D eigenvalue weighted by Gasteiger charge is 2.23. The smallest absolute Gasteiger partial charge is 0.428 e. The summed E-state index contributed by atoms with van der Waals surface area (Å²) in [5.41, 5.74) is 1.01. The molecule has 1 aliphatic heterocycles. The van der Waals surface area contributed by atoms with Gasteiger partial charge in [-0.2, -0.15) is 0 Å². The van der Waals surface area contributed by atoms with Crippen LogP contribution in [-0.2, 0) is 0 Å². The molecule has 4 heteroatoms. The minimum Gasteiger partial charge on any atom is -0.428 e. The molecule has 10 heavy (non-hydrogen) atoms. The van der Waals surface area contributed by atoms with Crippen LogP contribution in [0.15, 0.2) is 16.6 Å². The molecule has 0 aromatic heterocycles. The number of hydrazone groups is 1. The lowest BCUT2D eigenvalue weighted by Gasteiger charge is -2.21. The summed E-state index contributed by atoms with van der Waals surface area (Å²) in [5, 5.41) is 13.3. The summed E-state index contributed by atoms with van der Waals surface area (Å²) in [6, 6.07) is 0. The zero-order chi connectivity index (χ0) is 7.56. The van der Waals surface area contributed by atoms with Gasteiger partial charge >= 0.3 is 7.05 Å². The van der Waals surface area contributed by atoms with Gasteiger partial charge in [0.25, 0.3) is 0 Å². The van der Waals surface area contributed by atoms with Crippen LogP contribution in [0.1, 0.15) is 13.3 Å². The number of hydrogen-bond donors (Lipinski definition) is 1. The highest BCUT2D eigenvalue weighted by Crippen LogP contribution is 2.10. The van der Waals surface area contributed by atoms with Gasteiger partial charge in [0.2, 0.25) is 0 Å². The molecule has 0 fully saturated rings. The van der Waals surface area contributed by atoms with Crippen LogP contribution in [0.3, 0.4) is 0 Å². The van der Waals surface area contributed by atoms with E-state index in [4.69, 9.17) is 0 Å². The molecule has 0 bridgehead atoms. The van der Waals surface area contributed by atoms with Crippen LogP contribution in [-0.4, -0.2) is 30.3 Å². The van der Waals surface area contributed by atoms with E-state index in [9.17, 15) is 5.02 Å². The Labute approximate surface area is 61.2 Å². The molecule has 0 radical (unpaired) electrons. The standard InChI is InChI=1S/C6H11BN2O/c1-3-6-4-5-8-9(2)7(6)10/h3,5,10H,4H2,1-2H3/b6-3+. The van der Waals surface area contributed by atoms with Crippen LogP contribution in [0.2, 0.25) is 0 Å². The predicted molar refractivity (Wildman–Crippen MR) is 42.6 cm³/mol. The molecular formula is C6H11BN2O. The fourth-order valence-corrected chi connectivity index (χ4v) is 0.950. The Morgan fingerprint density at radius 2 is 2.60 bits per heavy atom. The summed E-state index contributed by atoms with van der Waals surface area (Å²) in [6.45, 7) is 1.92. The quantitative estimate of drug-likeness (QED) is 0.487. The zero-order valence-corrected chi connectivity index (χ0v) is 6.28. The lowest BCUT2D eigenvalue weighted by Crippen LogP contribution is -2.37. The lowest BCUT2D eigenvalue weighted by molar-refractivity contribution is 0.432. The van der Waals surface area contributed by atoms with Crippen LogP contribution < -0.4 is 0 Å². The molecular weight excluding hydrogens is 127 g/mol. The summed E-state index contributed by atoms with van der Waals surface area (Å²) in [6.07, 6.45) is 4.48. The van der Waals surface area contributed by atoms with Crippen molar-refractivity contribution in [3.05, 3.63) is 11.5 Å². The molecule has 3 nitrogen and oxygen atoms in total. The van der Waals surface area contributed by atoms with E-state index in [2.05, 4.69) is 5.10 Å². The molecule has 0 saturated carbocycles. The molecule has 0 aliphatic carbocycles. The van der Waals surface area contributed by atoms with Crippen LogP contribution in [0.25, 0.3) is 0 Å². The summed E-state index contributed by atoms with van der Waals surface area (Å²) in [4.78, 5) is 1.54. The molecule has 1 aliphatic rings. The zero-order valence-electron chi connectivity index (χ0n) is 6.28. The number of hydrogen-bond acceptors (Lipinski definition) is 3. The average molecular weight is 138 g/mol. The molecule has 0 amide bonds. The molecule has 0 atom stereocenters. The maximum Gasteiger partial charge on any atom is 0.461 e. The maximum absolute atomic E-state index is 9.38. The maximum atomic E-state index is 9.38. The summed E-state index contributed by atoms with van der Waals surface area (Å²) in [5.74, 6) is 0. The molecule has 0 spiro atoms. The van der Waals surface area contributed by atoms with Gasteiger partial charge in [-0.05, 0) is 12.4 Å². The Hall–Kier alpha value is -0.765. The van der Waals surface area contributed by atoms with Gasteiger partial charge in [0.1, 0.15) is 0 Å². The third-order valence-corrected chi connectivity index (χ3v) is 1.65. The van der Waals surface area contributed by atoms with E-state index in [0.717, 1.165) is 11.9 Å². The number of allylic oxidation sites excluding steroid dienone is 2. The summed E-state index contributed by atoms with van der Waals surface area (Å²) in [7, 11) is 1.24. The van der Waals surface area contributed by atoms with Crippen molar-refractivity contribution in [3.8, 4) is 0 Å². The largest absolute Gasteiger partial charge is 0.461 e. The van der Waals surface area contributed by atoms with Crippen molar-refractivity contribution < 1.29 is 5.02 Å². The molecule has 0 saturated heterocycles. The van der Waals surface area contributed by atoms with Crippen molar-refractivity contribution >= 4 is 13.3 Å². The van der Waals surface area contributed by atoms with Crippen molar-refractivity contribution in [1.29, 1.82) is 0 Å². The normalized spacial score (nSPS) is 22.5. The Balaban J connectivity index is 2.75. The number of nitrogens with zero attached hydrogens (tertiary/aromatic N) is 2. The van der Waals surface area contributed by atoms with Crippen LogP contribution in [0.4, 0.5) is 0 Å². The van der Waals surface area contributed by atoms with Gasteiger partial charge in [0.05, 0.1) is 0 Å². The second kappa shape index (κ2) is 2.88. The van der Waals surface area contributed by atoms with Crippen molar-refractivity contribution in [2.75, 3.05) is 7.05 Å². The Morgan fingerprint density at radius 3 is 3.10 bits per heavy atom. The highest BCUT2D eigenvalue weighted by atomic mass is 16.2. The Morgan fingerprint density at radius 1 is 1.90 bits per heavy atom. The molecule has 0 aromatic carbocycles. The Kier molecular flexibility index (Phi) is 2.11. The molecule has 54 valence electrons. The Bertz CT molecular complexity index is 179. The van der Waals surface area contributed by atoms with Gasteiger partial charge in [-0.1, -0.05) is 6.08 Å². The van der Waals surface area contributed by atoms with Crippen LogP contribution in [0.5, 0.6) is 0 Å². The second-order valence-electron chi connectivity index (χ2n) is 2.31. The first-order chi connectivity index (χ1) is 4.75. The topological polar surface area (TPSA) is 35.8 Å². The monoisotopic (exact) mass is 138 g/mol. The molecule has 1 N–H and O–H groups in total. The first kappa shape index (κ1) is 7.34. The van der Waals surface area contributed by atoms with E-state index in [1.165, 1.54) is 0 Å². The predicted octanol–water partition coefficient (Wildman–Crippen LogP) is 0.274. The van der Waals surface area contributed by atoms with E-state index < -0.39 is 7.05 Å². The van der Waals surface area contributed by atoms with Gasteiger partial charge in [0, 0.05) is 19.7 Å². The summed E-state index contributed by atoms with van der Waals surface area (Å²) >= 11 is 0. The average Bonchev–Trinajstić information content (AvgIpc) is 1.95. The number of rotatable bonds is 0. The van der Waals surface area contributed by atoms with E-state index >= 15 is 0 Å². The van der Waals surface area contributed by atoms with Gasteiger partial charge in [0.15, 0.2) is 0 Å². The third-order valence-electron chi connectivity index (χ3n) is 1.65. The van der Waals surface area contributed by atoms with E-state index in [1.54, 1.807) is 18.2 Å². The van der Waals surface area contributed by atoms with Crippen LogP contribution in [0, 0.1) is 0 Å².